The molecule has 0 radical (unpaired) electrons. The predicted octanol–water partition coefficient (Wildman–Crippen LogP) is 2.16. The minimum absolute atomic E-state index is 0.0233. The lowest BCUT2D eigenvalue weighted by atomic mass is 10.1. The normalized spacial score (nSPS) is 14.9. The molecule has 0 saturated carbocycles. The second kappa shape index (κ2) is 6.91. The third-order valence-electron chi connectivity index (χ3n) is 3.19. The van der Waals surface area contributed by atoms with Gasteiger partial charge in [-0.25, -0.2) is 8.42 Å². The zero-order valence-corrected chi connectivity index (χ0v) is 12.6. The molecule has 0 aromatic heterocycles. The van der Waals surface area contributed by atoms with Crippen LogP contribution in [0.5, 0.6) is 5.75 Å². The van der Waals surface area contributed by atoms with Crippen LogP contribution in [-0.4, -0.2) is 27.0 Å². The Labute approximate surface area is 115 Å². The van der Waals surface area contributed by atoms with Gasteiger partial charge in [0.05, 0.1) is 18.6 Å². The van der Waals surface area contributed by atoms with Gasteiger partial charge in [0.15, 0.2) is 9.84 Å². The Morgan fingerprint density at radius 1 is 1.32 bits per heavy atom. The lowest BCUT2D eigenvalue weighted by molar-refractivity contribution is 0.414. The molecule has 0 aliphatic rings. The third-order valence-corrected chi connectivity index (χ3v) is 5.13. The van der Waals surface area contributed by atoms with E-state index in [9.17, 15) is 8.42 Å². The van der Waals surface area contributed by atoms with Gasteiger partial charge in [-0.2, -0.15) is 0 Å². The van der Waals surface area contributed by atoms with Crippen molar-refractivity contribution in [2.24, 2.45) is 11.7 Å². The Morgan fingerprint density at radius 2 is 2.00 bits per heavy atom. The van der Waals surface area contributed by atoms with Gasteiger partial charge in [0.25, 0.3) is 0 Å². The quantitative estimate of drug-likeness (QED) is 0.833. The Hall–Kier alpha value is -1.07. The van der Waals surface area contributed by atoms with Crippen molar-refractivity contribution in [1.29, 1.82) is 0 Å². The molecule has 4 nitrogen and oxygen atoms in total. The van der Waals surface area contributed by atoms with E-state index >= 15 is 0 Å². The van der Waals surface area contributed by atoms with Crippen LogP contribution in [0.4, 0.5) is 0 Å². The standard InChI is InChI=1S/C14H23NO3S/c1-4-11(2)9-19(16,17)10-14(15)12-6-5-7-13(8-12)18-3/h5-8,11,14H,4,9-10,15H2,1-3H3. The van der Waals surface area contributed by atoms with Gasteiger partial charge in [-0.15, -0.1) is 0 Å². The van der Waals surface area contributed by atoms with Crippen molar-refractivity contribution in [2.75, 3.05) is 18.6 Å². The summed E-state index contributed by atoms with van der Waals surface area (Å²) >= 11 is 0. The summed E-state index contributed by atoms with van der Waals surface area (Å²) in [4.78, 5) is 0. The Bertz CT molecular complexity index is 499. The van der Waals surface area contributed by atoms with Crippen molar-refractivity contribution in [3.05, 3.63) is 29.8 Å². The van der Waals surface area contributed by atoms with E-state index in [0.29, 0.717) is 5.75 Å². The zero-order valence-electron chi connectivity index (χ0n) is 11.8. The summed E-state index contributed by atoms with van der Waals surface area (Å²) in [6.07, 6.45) is 0.855. The number of hydrogen-bond acceptors (Lipinski definition) is 4. The summed E-state index contributed by atoms with van der Waals surface area (Å²) in [6.45, 7) is 3.93. The molecule has 0 amide bonds. The highest BCUT2D eigenvalue weighted by Crippen LogP contribution is 2.19. The highest BCUT2D eigenvalue weighted by molar-refractivity contribution is 7.91. The molecule has 0 heterocycles. The molecule has 19 heavy (non-hydrogen) atoms. The second-order valence-electron chi connectivity index (χ2n) is 4.97. The van der Waals surface area contributed by atoms with E-state index in [1.54, 1.807) is 13.2 Å². The molecule has 1 aromatic carbocycles. The van der Waals surface area contributed by atoms with E-state index in [0.717, 1.165) is 12.0 Å². The molecule has 2 N–H and O–H groups in total. The molecule has 2 atom stereocenters. The summed E-state index contributed by atoms with van der Waals surface area (Å²) in [5.41, 5.74) is 6.77. The zero-order chi connectivity index (χ0) is 14.5. The molecule has 0 aliphatic heterocycles. The van der Waals surface area contributed by atoms with Crippen LogP contribution < -0.4 is 10.5 Å². The fraction of sp³-hybridized carbons (Fsp3) is 0.571. The van der Waals surface area contributed by atoms with Crippen molar-refractivity contribution in [3.63, 3.8) is 0 Å². The smallest absolute Gasteiger partial charge is 0.152 e. The first-order valence-electron chi connectivity index (χ1n) is 6.48. The molecule has 1 aromatic rings. The van der Waals surface area contributed by atoms with Gasteiger partial charge in [-0.1, -0.05) is 32.4 Å². The number of benzene rings is 1. The Kier molecular flexibility index (Phi) is 5.82. The average Bonchev–Trinajstić information content (AvgIpc) is 2.37. The van der Waals surface area contributed by atoms with Crippen LogP contribution in [0.25, 0.3) is 0 Å². The largest absolute Gasteiger partial charge is 0.497 e. The van der Waals surface area contributed by atoms with E-state index < -0.39 is 15.9 Å². The minimum Gasteiger partial charge on any atom is -0.497 e. The van der Waals surface area contributed by atoms with Crippen LogP contribution in [0.15, 0.2) is 24.3 Å². The lowest BCUT2D eigenvalue weighted by Gasteiger charge is -2.15. The van der Waals surface area contributed by atoms with Gasteiger partial charge in [0.2, 0.25) is 0 Å². The Balaban J connectivity index is 2.75. The number of hydrogen-bond donors (Lipinski definition) is 1. The number of ether oxygens (including phenoxy) is 1. The van der Waals surface area contributed by atoms with Crippen molar-refractivity contribution in [1.82, 2.24) is 0 Å². The second-order valence-corrected chi connectivity index (χ2v) is 7.13. The maximum Gasteiger partial charge on any atom is 0.152 e. The molecule has 0 bridgehead atoms. The number of methoxy groups -OCH3 is 1. The SMILES string of the molecule is CCC(C)CS(=O)(=O)CC(N)c1cccc(OC)c1. The molecule has 0 fully saturated rings. The van der Waals surface area contributed by atoms with Crippen LogP contribution in [0.3, 0.4) is 0 Å². The summed E-state index contributed by atoms with van der Waals surface area (Å²) < 4.78 is 29.2. The molecule has 0 spiro atoms. The van der Waals surface area contributed by atoms with Gasteiger partial charge in [-0.3, -0.25) is 0 Å². The van der Waals surface area contributed by atoms with Gasteiger partial charge in [0.1, 0.15) is 5.75 Å². The van der Waals surface area contributed by atoms with E-state index in [-0.39, 0.29) is 17.4 Å². The van der Waals surface area contributed by atoms with Gasteiger partial charge in [0, 0.05) is 6.04 Å². The fourth-order valence-electron chi connectivity index (χ4n) is 1.86. The van der Waals surface area contributed by atoms with Crippen molar-refractivity contribution in [3.8, 4) is 5.75 Å². The van der Waals surface area contributed by atoms with Gasteiger partial charge >= 0.3 is 0 Å². The molecular weight excluding hydrogens is 262 g/mol. The maximum atomic E-state index is 12.0. The summed E-state index contributed by atoms with van der Waals surface area (Å²) in [5, 5.41) is 0. The highest BCUT2D eigenvalue weighted by atomic mass is 32.2. The van der Waals surface area contributed by atoms with Gasteiger partial charge in [-0.05, 0) is 23.6 Å². The van der Waals surface area contributed by atoms with Crippen LogP contribution in [-0.2, 0) is 9.84 Å². The summed E-state index contributed by atoms with van der Waals surface area (Å²) in [6, 6.07) is 6.72. The summed E-state index contributed by atoms with van der Waals surface area (Å²) in [7, 11) is -1.55. The van der Waals surface area contributed by atoms with E-state index in [1.165, 1.54) is 0 Å². The molecule has 2 unspecified atom stereocenters. The van der Waals surface area contributed by atoms with Crippen LogP contribution in [0, 0.1) is 5.92 Å². The first kappa shape index (κ1) is 16.0. The first-order valence-corrected chi connectivity index (χ1v) is 8.30. The molecule has 5 heteroatoms. The lowest BCUT2D eigenvalue weighted by Crippen LogP contribution is -2.25. The average molecular weight is 285 g/mol. The van der Waals surface area contributed by atoms with Crippen LogP contribution in [0.1, 0.15) is 31.9 Å². The maximum absolute atomic E-state index is 12.0. The molecule has 108 valence electrons. The van der Waals surface area contributed by atoms with E-state index in [2.05, 4.69) is 0 Å². The third kappa shape index (κ3) is 5.20. The van der Waals surface area contributed by atoms with Crippen LogP contribution >= 0.6 is 0 Å². The molecule has 0 saturated heterocycles. The molecular formula is C14H23NO3S. The van der Waals surface area contributed by atoms with Crippen molar-refractivity contribution >= 4 is 9.84 Å². The van der Waals surface area contributed by atoms with Crippen LogP contribution in [0.2, 0.25) is 0 Å². The molecule has 1 rings (SSSR count). The Morgan fingerprint density at radius 3 is 2.58 bits per heavy atom. The number of rotatable bonds is 7. The summed E-state index contributed by atoms with van der Waals surface area (Å²) in [5.74, 6) is 1.03. The highest BCUT2D eigenvalue weighted by Gasteiger charge is 2.20. The molecule has 0 aliphatic carbocycles. The minimum atomic E-state index is -3.13. The number of sulfone groups is 1. The van der Waals surface area contributed by atoms with Crippen molar-refractivity contribution in [2.45, 2.75) is 26.3 Å². The van der Waals surface area contributed by atoms with Gasteiger partial charge < -0.3 is 10.5 Å². The fourth-order valence-corrected chi connectivity index (χ4v) is 3.84. The number of nitrogens with two attached hydrogens (primary N) is 1. The monoisotopic (exact) mass is 285 g/mol. The topological polar surface area (TPSA) is 69.4 Å². The van der Waals surface area contributed by atoms with E-state index in [1.807, 2.05) is 32.0 Å². The predicted molar refractivity (Wildman–Crippen MR) is 78.0 cm³/mol. The first-order chi connectivity index (χ1) is 8.88. The van der Waals surface area contributed by atoms with E-state index in [4.69, 9.17) is 10.5 Å². The van der Waals surface area contributed by atoms with Crippen molar-refractivity contribution < 1.29 is 13.2 Å².